The molecule has 0 aromatic heterocycles. The predicted octanol–water partition coefficient (Wildman–Crippen LogP) is 2.44. The maximum atomic E-state index is 12.3. The van der Waals surface area contributed by atoms with E-state index in [1.165, 1.54) is 0 Å². The lowest BCUT2D eigenvalue weighted by Crippen LogP contribution is -2.48. The van der Waals surface area contributed by atoms with E-state index in [4.69, 9.17) is 8.85 Å². The van der Waals surface area contributed by atoms with Crippen molar-refractivity contribution < 1.29 is 18.4 Å². The summed E-state index contributed by atoms with van der Waals surface area (Å²) < 4.78 is 11.4. The summed E-state index contributed by atoms with van der Waals surface area (Å²) >= 11 is 0. The highest BCUT2D eigenvalue weighted by atomic mass is 28.3. The summed E-state index contributed by atoms with van der Waals surface area (Å²) in [5, 5.41) is 5.94. The quantitative estimate of drug-likeness (QED) is 0.462. The molecule has 2 aromatic carbocycles. The van der Waals surface area contributed by atoms with Crippen LogP contribution >= 0.6 is 0 Å². The molecule has 2 rings (SSSR count). The molecule has 0 aliphatic carbocycles. The minimum absolute atomic E-state index is 0.133. The van der Waals surface area contributed by atoms with Crippen LogP contribution in [-0.4, -0.2) is 46.1 Å². The van der Waals surface area contributed by atoms with Gasteiger partial charge in [-0.3, -0.25) is 9.59 Å². The lowest BCUT2D eigenvalue weighted by atomic mass is 10.1. The lowest BCUT2D eigenvalue weighted by molar-refractivity contribution is 0.0842. The number of nitrogens with one attached hydrogen (secondary N) is 2. The molecule has 156 valence electrons. The number of rotatable bonds is 10. The summed E-state index contributed by atoms with van der Waals surface area (Å²) in [5.41, 5.74) is 0.204. The first kappa shape index (κ1) is 22.8. The minimum Gasteiger partial charge on any atom is -0.396 e. The van der Waals surface area contributed by atoms with Crippen molar-refractivity contribution in [2.24, 2.45) is 0 Å². The van der Waals surface area contributed by atoms with Crippen molar-refractivity contribution in [2.45, 2.75) is 38.8 Å². The van der Waals surface area contributed by atoms with Gasteiger partial charge in [-0.05, 0) is 52.0 Å². The zero-order valence-corrected chi connectivity index (χ0v) is 18.9. The molecule has 0 fully saturated rings. The van der Waals surface area contributed by atoms with E-state index in [0.29, 0.717) is 24.3 Å². The van der Waals surface area contributed by atoms with Gasteiger partial charge in [-0.2, -0.15) is 0 Å². The topological polar surface area (TPSA) is 76.7 Å². The van der Waals surface area contributed by atoms with Crippen molar-refractivity contribution in [3.05, 3.63) is 71.8 Å². The van der Waals surface area contributed by atoms with Crippen LogP contribution in [0.25, 0.3) is 0 Å². The van der Waals surface area contributed by atoms with Crippen LogP contribution in [0.15, 0.2) is 60.7 Å². The van der Waals surface area contributed by atoms with E-state index in [1.54, 1.807) is 24.3 Å². The Bertz CT molecular complexity index is 727. The molecule has 2 amide bonds. The van der Waals surface area contributed by atoms with Crippen LogP contribution in [0.1, 0.15) is 48.4 Å². The van der Waals surface area contributed by atoms with E-state index in [1.807, 2.05) is 64.1 Å². The van der Waals surface area contributed by atoms with Crippen molar-refractivity contribution in [1.82, 2.24) is 10.6 Å². The van der Waals surface area contributed by atoms with Gasteiger partial charge in [0.25, 0.3) is 11.8 Å². The van der Waals surface area contributed by atoms with Crippen molar-refractivity contribution in [1.29, 1.82) is 0 Å². The van der Waals surface area contributed by atoms with Gasteiger partial charge in [0.05, 0.1) is 24.3 Å². The fourth-order valence-corrected chi connectivity index (χ4v) is 3.97. The molecule has 0 aliphatic heterocycles. The van der Waals surface area contributed by atoms with Crippen LogP contribution in [0, 0.1) is 0 Å². The van der Waals surface area contributed by atoms with Crippen molar-refractivity contribution in [3.8, 4) is 0 Å². The highest BCUT2D eigenvalue weighted by Gasteiger charge is 2.23. The molecule has 6 nitrogen and oxygen atoms in total. The average Bonchev–Trinajstić information content (AvgIpc) is 2.68. The highest BCUT2D eigenvalue weighted by molar-refractivity contribution is 6.18. The molecule has 0 spiro atoms. The van der Waals surface area contributed by atoms with Crippen molar-refractivity contribution >= 4 is 21.8 Å². The van der Waals surface area contributed by atoms with Gasteiger partial charge in [0.2, 0.25) is 0 Å². The molecule has 29 heavy (non-hydrogen) atoms. The Balaban J connectivity index is 1.69. The molecule has 0 heterocycles. The molecule has 2 N–H and O–H groups in total. The Hall–Kier alpha value is -2.48. The third-order valence-electron chi connectivity index (χ3n) is 4.07. The average molecular weight is 415 g/mol. The fourth-order valence-electron chi connectivity index (χ4n) is 2.66. The summed E-state index contributed by atoms with van der Waals surface area (Å²) in [5.74, 6) is -0.266. The monoisotopic (exact) mass is 414 g/mol. The third kappa shape index (κ3) is 8.19. The SMILES string of the molecule is CC(C)(CO[SiH2]OCC(C)(C)NC(=O)c1ccccc1)NC(=O)c1ccccc1. The second-order valence-corrected chi connectivity index (χ2v) is 9.28. The van der Waals surface area contributed by atoms with Crippen LogP contribution in [-0.2, 0) is 8.85 Å². The lowest BCUT2D eigenvalue weighted by Gasteiger charge is -2.28. The number of hydrogen-bond donors (Lipinski definition) is 2. The van der Waals surface area contributed by atoms with Crippen LogP contribution in [0.3, 0.4) is 0 Å². The van der Waals surface area contributed by atoms with Crippen LogP contribution in [0.4, 0.5) is 0 Å². The highest BCUT2D eigenvalue weighted by Crippen LogP contribution is 2.08. The summed E-state index contributed by atoms with van der Waals surface area (Å²) in [7, 11) is -1.24. The molecule has 0 atom stereocenters. The summed E-state index contributed by atoms with van der Waals surface area (Å²) in [6, 6.07) is 18.2. The smallest absolute Gasteiger partial charge is 0.304 e. The Morgan fingerprint density at radius 2 is 1.07 bits per heavy atom. The molecule has 0 unspecified atom stereocenters. The van der Waals surface area contributed by atoms with Gasteiger partial charge in [0, 0.05) is 11.1 Å². The van der Waals surface area contributed by atoms with Crippen LogP contribution in [0.5, 0.6) is 0 Å². The third-order valence-corrected chi connectivity index (χ3v) is 4.81. The molecule has 7 heteroatoms. The Labute approximate surface area is 175 Å². The zero-order valence-electron chi connectivity index (χ0n) is 17.5. The summed E-state index contributed by atoms with van der Waals surface area (Å²) in [6.45, 7) is 8.35. The van der Waals surface area contributed by atoms with E-state index in [0.717, 1.165) is 0 Å². The van der Waals surface area contributed by atoms with E-state index < -0.39 is 21.1 Å². The maximum absolute atomic E-state index is 12.3. The van der Waals surface area contributed by atoms with Gasteiger partial charge < -0.3 is 19.5 Å². The molecule has 0 radical (unpaired) electrons. The minimum atomic E-state index is -1.24. The number of amides is 2. The number of carbonyl (C=O) groups is 2. The zero-order chi connectivity index (χ0) is 21.3. The number of hydrogen-bond acceptors (Lipinski definition) is 4. The normalized spacial score (nSPS) is 11.7. The predicted molar refractivity (Wildman–Crippen MR) is 116 cm³/mol. The van der Waals surface area contributed by atoms with Gasteiger partial charge in [-0.15, -0.1) is 0 Å². The molecular weight excluding hydrogens is 384 g/mol. The van der Waals surface area contributed by atoms with Crippen molar-refractivity contribution in [3.63, 3.8) is 0 Å². The number of carbonyl (C=O) groups excluding carboxylic acids is 2. The molecular formula is C22H30N2O4Si. The van der Waals surface area contributed by atoms with E-state index in [-0.39, 0.29) is 11.8 Å². The molecule has 0 aliphatic rings. The van der Waals surface area contributed by atoms with Crippen LogP contribution < -0.4 is 10.6 Å². The van der Waals surface area contributed by atoms with Gasteiger partial charge in [0.15, 0.2) is 0 Å². The Morgan fingerprint density at radius 3 is 1.41 bits per heavy atom. The first-order valence-electron chi connectivity index (χ1n) is 9.59. The van der Waals surface area contributed by atoms with Gasteiger partial charge in [0.1, 0.15) is 0 Å². The molecule has 0 saturated heterocycles. The van der Waals surface area contributed by atoms with Gasteiger partial charge in [-0.25, -0.2) is 0 Å². The molecule has 2 aromatic rings. The largest absolute Gasteiger partial charge is 0.396 e. The van der Waals surface area contributed by atoms with E-state index in [2.05, 4.69) is 10.6 Å². The van der Waals surface area contributed by atoms with Gasteiger partial charge >= 0.3 is 10.0 Å². The molecule has 0 saturated carbocycles. The van der Waals surface area contributed by atoms with Gasteiger partial charge in [-0.1, -0.05) is 36.4 Å². The van der Waals surface area contributed by atoms with Crippen molar-refractivity contribution in [2.75, 3.05) is 13.2 Å². The number of benzene rings is 2. The Kier molecular flexibility index (Phi) is 8.13. The second-order valence-electron chi connectivity index (χ2n) is 8.22. The standard InChI is InChI=1S/C22H30N2O4Si/c1-21(2,23-19(25)17-11-7-5-8-12-17)15-27-29-28-16-22(3,4)24-20(26)18-13-9-6-10-14-18/h5-14H,15-16,29H2,1-4H3,(H,23,25)(H,24,26). The first-order valence-corrected chi connectivity index (χ1v) is 10.7. The van der Waals surface area contributed by atoms with Crippen LogP contribution in [0.2, 0.25) is 0 Å². The first-order chi connectivity index (χ1) is 13.7. The maximum Gasteiger partial charge on any atom is 0.304 e. The van der Waals surface area contributed by atoms with E-state index in [9.17, 15) is 9.59 Å². The summed E-state index contributed by atoms with van der Waals surface area (Å²) in [4.78, 5) is 24.5. The second kappa shape index (κ2) is 10.3. The van der Waals surface area contributed by atoms with E-state index >= 15 is 0 Å². The summed E-state index contributed by atoms with van der Waals surface area (Å²) in [6.07, 6.45) is 0. The fraction of sp³-hybridized carbons (Fsp3) is 0.364. The Morgan fingerprint density at radius 1 is 0.724 bits per heavy atom. The molecule has 0 bridgehead atoms.